The Labute approximate surface area is 91.9 Å². The summed E-state index contributed by atoms with van der Waals surface area (Å²) in [6.45, 7) is 0.163. The second-order valence-corrected chi connectivity index (χ2v) is 3.35. The van der Waals surface area contributed by atoms with Crippen LogP contribution in [0, 0.1) is 0 Å². The summed E-state index contributed by atoms with van der Waals surface area (Å²) in [4.78, 5) is 16.1. The zero-order valence-corrected chi connectivity index (χ0v) is 8.88. The number of rotatable bonds is 3. The van der Waals surface area contributed by atoms with Gasteiger partial charge in [0.15, 0.2) is 0 Å². The Hall–Kier alpha value is -1.88. The Bertz CT molecular complexity index is 563. The summed E-state index contributed by atoms with van der Waals surface area (Å²) >= 11 is 0. The summed E-state index contributed by atoms with van der Waals surface area (Å²) in [5, 5.41) is 9.30. The van der Waals surface area contributed by atoms with E-state index in [0.29, 0.717) is 16.7 Å². The molecule has 0 unspecified atom stereocenters. The van der Waals surface area contributed by atoms with E-state index in [4.69, 9.17) is 9.84 Å². The van der Waals surface area contributed by atoms with Gasteiger partial charge in [0, 0.05) is 0 Å². The minimum absolute atomic E-state index is 0.0862. The third-order valence-electron chi connectivity index (χ3n) is 2.37. The van der Waals surface area contributed by atoms with E-state index in [-0.39, 0.29) is 18.7 Å². The highest BCUT2D eigenvalue weighted by atomic mass is 16.5. The highest BCUT2D eigenvalue weighted by Crippen LogP contribution is 2.15. The molecule has 2 aromatic rings. The summed E-state index contributed by atoms with van der Waals surface area (Å²) in [5.41, 5.74) is 0.456. The van der Waals surface area contributed by atoms with Crippen LogP contribution in [-0.2, 0) is 6.54 Å². The van der Waals surface area contributed by atoms with Crippen LogP contribution in [0.25, 0.3) is 10.9 Å². The lowest BCUT2D eigenvalue weighted by molar-refractivity contribution is 0.274. The molecule has 0 aliphatic heterocycles. The minimum Gasteiger partial charge on any atom is -0.497 e. The predicted molar refractivity (Wildman–Crippen MR) is 59.6 cm³/mol. The highest BCUT2D eigenvalue weighted by Gasteiger charge is 2.04. The summed E-state index contributed by atoms with van der Waals surface area (Å²) in [6.07, 6.45) is 1.44. The fourth-order valence-corrected chi connectivity index (χ4v) is 1.53. The predicted octanol–water partition coefficient (Wildman–Crippen LogP) is 0.397. The molecule has 84 valence electrons. The molecule has 1 aromatic heterocycles. The number of nitrogens with zero attached hydrogens (tertiary/aromatic N) is 2. The number of hydrogen-bond acceptors (Lipinski definition) is 4. The number of aliphatic hydroxyl groups is 1. The standard InChI is InChI=1S/C11H12N2O3/c1-16-8-2-3-10-9(6-8)11(15)13(4-5-14)7-12-10/h2-3,6-7,14H,4-5H2,1H3. The molecule has 0 saturated heterocycles. The van der Waals surface area contributed by atoms with Crippen molar-refractivity contribution in [3.05, 3.63) is 34.9 Å². The second kappa shape index (κ2) is 4.32. The number of benzene rings is 1. The van der Waals surface area contributed by atoms with Gasteiger partial charge in [-0.1, -0.05) is 0 Å². The van der Waals surface area contributed by atoms with Crippen molar-refractivity contribution in [2.75, 3.05) is 13.7 Å². The van der Waals surface area contributed by atoms with Crippen molar-refractivity contribution < 1.29 is 9.84 Å². The molecule has 5 nitrogen and oxygen atoms in total. The van der Waals surface area contributed by atoms with Gasteiger partial charge in [-0.25, -0.2) is 4.98 Å². The van der Waals surface area contributed by atoms with Crippen LogP contribution in [0.15, 0.2) is 29.3 Å². The Morgan fingerprint density at radius 3 is 3.00 bits per heavy atom. The summed E-state index contributed by atoms with van der Waals surface area (Å²) in [7, 11) is 1.55. The molecule has 1 heterocycles. The fraction of sp³-hybridized carbons (Fsp3) is 0.273. The van der Waals surface area contributed by atoms with Crippen LogP contribution in [0.3, 0.4) is 0 Å². The molecule has 0 fully saturated rings. The van der Waals surface area contributed by atoms with Crippen molar-refractivity contribution in [2.45, 2.75) is 6.54 Å². The van der Waals surface area contributed by atoms with E-state index < -0.39 is 0 Å². The van der Waals surface area contributed by atoms with E-state index >= 15 is 0 Å². The van der Waals surface area contributed by atoms with Crippen LogP contribution in [-0.4, -0.2) is 28.4 Å². The number of aliphatic hydroxyl groups excluding tert-OH is 1. The van der Waals surface area contributed by atoms with Gasteiger partial charge in [-0.15, -0.1) is 0 Å². The van der Waals surface area contributed by atoms with E-state index in [1.807, 2.05) is 0 Å². The lowest BCUT2D eigenvalue weighted by atomic mass is 10.2. The quantitative estimate of drug-likeness (QED) is 0.813. The third kappa shape index (κ3) is 1.77. The van der Waals surface area contributed by atoms with E-state index in [1.54, 1.807) is 25.3 Å². The molecule has 0 atom stereocenters. The minimum atomic E-state index is -0.169. The van der Waals surface area contributed by atoms with Gasteiger partial charge in [-0.3, -0.25) is 9.36 Å². The van der Waals surface area contributed by atoms with E-state index in [0.717, 1.165) is 0 Å². The van der Waals surface area contributed by atoms with Gasteiger partial charge in [0.1, 0.15) is 5.75 Å². The summed E-state index contributed by atoms with van der Waals surface area (Å²) in [6, 6.07) is 5.14. The maximum atomic E-state index is 11.9. The van der Waals surface area contributed by atoms with Crippen LogP contribution < -0.4 is 10.3 Å². The van der Waals surface area contributed by atoms with Crippen molar-refractivity contribution >= 4 is 10.9 Å². The summed E-state index contributed by atoms with van der Waals surface area (Å²) in [5.74, 6) is 0.619. The third-order valence-corrected chi connectivity index (χ3v) is 2.37. The second-order valence-electron chi connectivity index (χ2n) is 3.35. The van der Waals surface area contributed by atoms with Gasteiger partial charge >= 0.3 is 0 Å². The Morgan fingerprint density at radius 1 is 1.50 bits per heavy atom. The fourth-order valence-electron chi connectivity index (χ4n) is 1.53. The molecule has 1 N–H and O–H groups in total. The number of fused-ring (bicyclic) bond motifs is 1. The first-order valence-corrected chi connectivity index (χ1v) is 4.90. The Kier molecular flexibility index (Phi) is 2.87. The van der Waals surface area contributed by atoms with Crippen LogP contribution in [0.5, 0.6) is 5.75 Å². The number of aromatic nitrogens is 2. The average molecular weight is 220 g/mol. The molecular formula is C11H12N2O3. The molecule has 1 aromatic carbocycles. The van der Waals surface area contributed by atoms with Crippen LogP contribution in [0.1, 0.15) is 0 Å². The molecule has 0 spiro atoms. The average Bonchev–Trinajstić information content (AvgIpc) is 2.33. The zero-order valence-electron chi connectivity index (χ0n) is 8.88. The van der Waals surface area contributed by atoms with Gasteiger partial charge in [0.05, 0.1) is 37.5 Å². The molecular weight excluding hydrogens is 208 g/mol. The van der Waals surface area contributed by atoms with Gasteiger partial charge in [-0.2, -0.15) is 0 Å². The lowest BCUT2D eigenvalue weighted by Gasteiger charge is -2.05. The van der Waals surface area contributed by atoms with Gasteiger partial charge in [-0.05, 0) is 18.2 Å². The van der Waals surface area contributed by atoms with Crippen molar-refractivity contribution in [3.63, 3.8) is 0 Å². The summed E-state index contributed by atoms with van der Waals surface area (Å²) < 4.78 is 6.43. The molecule has 5 heteroatoms. The Morgan fingerprint density at radius 2 is 2.31 bits per heavy atom. The molecule has 0 saturated carbocycles. The molecule has 0 aliphatic carbocycles. The molecule has 0 radical (unpaired) electrons. The van der Waals surface area contributed by atoms with Crippen molar-refractivity contribution in [3.8, 4) is 5.75 Å². The molecule has 0 aliphatic rings. The van der Waals surface area contributed by atoms with Crippen molar-refractivity contribution in [1.82, 2.24) is 9.55 Å². The monoisotopic (exact) mass is 220 g/mol. The first-order valence-electron chi connectivity index (χ1n) is 4.90. The maximum absolute atomic E-state index is 11.9. The van der Waals surface area contributed by atoms with Gasteiger partial charge < -0.3 is 9.84 Å². The molecule has 0 bridgehead atoms. The number of methoxy groups -OCH3 is 1. The van der Waals surface area contributed by atoms with E-state index in [9.17, 15) is 4.79 Å². The van der Waals surface area contributed by atoms with E-state index in [1.165, 1.54) is 10.9 Å². The zero-order chi connectivity index (χ0) is 11.5. The number of ether oxygens (including phenoxy) is 1. The first-order chi connectivity index (χ1) is 7.76. The van der Waals surface area contributed by atoms with Crippen molar-refractivity contribution in [1.29, 1.82) is 0 Å². The Balaban J connectivity index is 2.66. The lowest BCUT2D eigenvalue weighted by Crippen LogP contribution is -2.22. The SMILES string of the molecule is COc1ccc2ncn(CCO)c(=O)c2c1. The van der Waals surface area contributed by atoms with Gasteiger partial charge in [0.2, 0.25) is 0 Å². The van der Waals surface area contributed by atoms with Gasteiger partial charge in [0.25, 0.3) is 5.56 Å². The number of hydrogen-bond donors (Lipinski definition) is 1. The van der Waals surface area contributed by atoms with E-state index in [2.05, 4.69) is 4.98 Å². The molecule has 0 amide bonds. The van der Waals surface area contributed by atoms with Crippen LogP contribution in [0.4, 0.5) is 0 Å². The van der Waals surface area contributed by atoms with Crippen molar-refractivity contribution in [2.24, 2.45) is 0 Å². The highest BCUT2D eigenvalue weighted by molar-refractivity contribution is 5.78. The van der Waals surface area contributed by atoms with Crippen LogP contribution >= 0.6 is 0 Å². The topological polar surface area (TPSA) is 64.3 Å². The maximum Gasteiger partial charge on any atom is 0.261 e. The molecule has 16 heavy (non-hydrogen) atoms. The molecule has 2 rings (SSSR count). The smallest absolute Gasteiger partial charge is 0.261 e. The largest absolute Gasteiger partial charge is 0.497 e. The normalized spacial score (nSPS) is 10.6. The first kappa shape index (κ1) is 10.6. The van der Waals surface area contributed by atoms with Crippen LogP contribution in [0.2, 0.25) is 0 Å².